The van der Waals surface area contributed by atoms with E-state index in [-0.39, 0.29) is 6.10 Å². The van der Waals surface area contributed by atoms with Gasteiger partial charge in [0.05, 0.1) is 12.7 Å². The number of hydrogen-bond acceptors (Lipinski definition) is 4. The Morgan fingerprint density at radius 1 is 1.56 bits per heavy atom. The molecule has 0 fully saturated rings. The van der Waals surface area contributed by atoms with Gasteiger partial charge in [-0.3, -0.25) is 0 Å². The average Bonchev–Trinajstić information content (AvgIpc) is 2.64. The zero-order valence-electron chi connectivity index (χ0n) is 9.35. The Hall–Kier alpha value is -1.04. The van der Waals surface area contributed by atoms with Crippen molar-refractivity contribution in [3.63, 3.8) is 0 Å². The molecule has 2 rings (SSSR count). The summed E-state index contributed by atoms with van der Waals surface area (Å²) in [7, 11) is -0.920. The summed E-state index contributed by atoms with van der Waals surface area (Å²) < 4.78 is 10.9. The van der Waals surface area contributed by atoms with Crippen molar-refractivity contribution >= 4 is 12.6 Å². The molecule has 1 aliphatic rings. The average molecular weight is 221 g/mol. The molecule has 5 heteroatoms. The molecule has 0 saturated heterocycles. The fourth-order valence-corrected chi connectivity index (χ4v) is 1.92. The molecule has 1 heterocycles. The lowest BCUT2D eigenvalue weighted by Gasteiger charge is -2.10. The van der Waals surface area contributed by atoms with E-state index in [4.69, 9.17) is 15.1 Å². The molecule has 0 aliphatic carbocycles. The Morgan fingerprint density at radius 2 is 2.38 bits per heavy atom. The molecule has 1 unspecified atom stereocenters. The van der Waals surface area contributed by atoms with Crippen LogP contribution in [0.15, 0.2) is 18.2 Å². The van der Waals surface area contributed by atoms with Gasteiger partial charge in [-0.05, 0) is 18.1 Å². The molecule has 1 aliphatic heterocycles. The quantitative estimate of drug-likeness (QED) is 0.712. The number of ether oxygens (including phenoxy) is 1. The van der Waals surface area contributed by atoms with Crippen molar-refractivity contribution in [1.82, 2.24) is 0 Å². The predicted molar refractivity (Wildman–Crippen MR) is 62.7 cm³/mol. The van der Waals surface area contributed by atoms with Gasteiger partial charge in [-0.15, -0.1) is 0 Å². The fourth-order valence-electron chi connectivity index (χ4n) is 1.92. The summed E-state index contributed by atoms with van der Waals surface area (Å²) in [5.41, 5.74) is 7.25. The SMILES string of the molecule is CCCOc1cccc2c1B(O)OC2CN. The van der Waals surface area contributed by atoms with Gasteiger partial charge in [-0.25, -0.2) is 0 Å². The summed E-state index contributed by atoms with van der Waals surface area (Å²) >= 11 is 0. The lowest BCUT2D eigenvalue weighted by atomic mass is 9.78. The Kier molecular flexibility index (Phi) is 3.48. The largest absolute Gasteiger partial charge is 0.495 e. The zero-order valence-corrected chi connectivity index (χ0v) is 9.35. The lowest BCUT2D eigenvalue weighted by molar-refractivity contribution is 0.198. The van der Waals surface area contributed by atoms with Crippen LogP contribution < -0.4 is 15.9 Å². The van der Waals surface area contributed by atoms with Crippen LogP contribution in [0.2, 0.25) is 0 Å². The van der Waals surface area contributed by atoms with E-state index in [2.05, 4.69) is 0 Å². The van der Waals surface area contributed by atoms with Crippen LogP contribution in [0.3, 0.4) is 0 Å². The second kappa shape index (κ2) is 4.87. The highest BCUT2D eigenvalue weighted by molar-refractivity contribution is 6.62. The number of benzene rings is 1. The van der Waals surface area contributed by atoms with Gasteiger partial charge in [0.25, 0.3) is 0 Å². The fraction of sp³-hybridized carbons (Fsp3) is 0.455. The number of fused-ring (bicyclic) bond motifs is 1. The van der Waals surface area contributed by atoms with Crippen molar-refractivity contribution in [2.24, 2.45) is 5.73 Å². The Labute approximate surface area is 95.5 Å². The molecule has 0 bridgehead atoms. The predicted octanol–water partition coefficient (Wildman–Crippen LogP) is 0.193. The van der Waals surface area contributed by atoms with Gasteiger partial charge in [-0.2, -0.15) is 0 Å². The standard InChI is InChI=1S/C11H16BNO3/c1-2-6-15-9-5-3-4-8-10(7-13)16-12(14)11(8)9/h3-5,10,14H,2,6-7,13H2,1H3. The highest BCUT2D eigenvalue weighted by Crippen LogP contribution is 2.26. The van der Waals surface area contributed by atoms with Crippen LogP contribution in [0, 0.1) is 0 Å². The van der Waals surface area contributed by atoms with Crippen LogP contribution in [0.1, 0.15) is 25.0 Å². The van der Waals surface area contributed by atoms with Crippen LogP contribution in [0.5, 0.6) is 5.75 Å². The smallest absolute Gasteiger partial charge is 0.494 e. The van der Waals surface area contributed by atoms with Crippen molar-refractivity contribution in [3.8, 4) is 5.75 Å². The third-order valence-electron chi connectivity index (χ3n) is 2.66. The first-order chi connectivity index (χ1) is 7.77. The zero-order chi connectivity index (χ0) is 11.5. The van der Waals surface area contributed by atoms with Gasteiger partial charge in [0, 0.05) is 12.0 Å². The van der Waals surface area contributed by atoms with Gasteiger partial charge >= 0.3 is 7.12 Å². The van der Waals surface area contributed by atoms with Gasteiger partial charge in [0.15, 0.2) is 0 Å². The van der Waals surface area contributed by atoms with Crippen molar-refractivity contribution in [3.05, 3.63) is 23.8 Å². The van der Waals surface area contributed by atoms with E-state index in [9.17, 15) is 5.02 Å². The molecule has 16 heavy (non-hydrogen) atoms. The summed E-state index contributed by atoms with van der Waals surface area (Å²) in [5, 5.41) is 9.81. The van der Waals surface area contributed by atoms with Crippen molar-refractivity contribution in [2.75, 3.05) is 13.2 Å². The first-order valence-corrected chi connectivity index (χ1v) is 5.57. The molecule has 0 amide bonds. The summed E-state index contributed by atoms with van der Waals surface area (Å²) in [6, 6.07) is 5.66. The maximum absolute atomic E-state index is 9.81. The maximum Gasteiger partial charge on any atom is 0.495 e. The highest BCUT2D eigenvalue weighted by atomic mass is 16.5. The summed E-state index contributed by atoms with van der Waals surface area (Å²) in [6.07, 6.45) is 0.705. The van der Waals surface area contributed by atoms with Gasteiger partial charge < -0.3 is 20.1 Å². The topological polar surface area (TPSA) is 64.7 Å². The van der Waals surface area contributed by atoms with Crippen LogP contribution in [-0.4, -0.2) is 25.3 Å². The molecule has 86 valence electrons. The normalized spacial score (nSPS) is 18.7. The molecule has 0 aromatic heterocycles. The summed E-state index contributed by atoms with van der Waals surface area (Å²) in [5.74, 6) is 0.697. The number of nitrogens with two attached hydrogens (primary N) is 1. The van der Waals surface area contributed by atoms with Crippen LogP contribution in [0.25, 0.3) is 0 Å². The second-order valence-corrected chi connectivity index (χ2v) is 3.82. The monoisotopic (exact) mass is 221 g/mol. The first kappa shape index (κ1) is 11.5. The van der Waals surface area contributed by atoms with Gasteiger partial charge in [0.1, 0.15) is 5.75 Å². The molecular formula is C11H16BNO3. The van der Waals surface area contributed by atoms with Crippen molar-refractivity contribution in [2.45, 2.75) is 19.4 Å². The molecule has 4 nitrogen and oxygen atoms in total. The molecule has 1 aromatic rings. The Balaban J connectivity index is 2.32. The van der Waals surface area contributed by atoms with Crippen LogP contribution >= 0.6 is 0 Å². The van der Waals surface area contributed by atoms with Gasteiger partial charge in [-0.1, -0.05) is 19.1 Å². The lowest BCUT2D eigenvalue weighted by Crippen LogP contribution is -2.30. The molecule has 1 aromatic carbocycles. The molecule has 0 saturated carbocycles. The van der Waals surface area contributed by atoms with E-state index >= 15 is 0 Å². The molecule has 3 N–H and O–H groups in total. The van der Waals surface area contributed by atoms with E-state index in [1.165, 1.54) is 0 Å². The third kappa shape index (κ3) is 1.94. The van der Waals surface area contributed by atoms with Crippen molar-refractivity contribution < 1.29 is 14.4 Å². The van der Waals surface area contributed by atoms with E-state index in [0.717, 1.165) is 17.4 Å². The first-order valence-electron chi connectivity index (χ1n) is 5.57. The van der Waals surface area contributed by atoms with Crippen LogP contribution in [0.4, 0.5) is 0 Å². The molecule has 1 atom stereocenters. The minimum absolute atomic E-state index is 0.227. The summed E-state index contributed by atoms with van der Waals surface area (Å²) in [4.78, 5) is 0. The van der Waals surface area contributed by atoms with E-state index in [1.54, 1.807) is 0 Å². The van der Waals surface area contributed by atoms with Crippen molar-refractivity contribution in [1.29, 1.82) is 0 Å². The molecule has 0 spiro atoms. The van der Waals surface area contributed by atoms with Gasteiger partial charge in [0.2, 0.25) is 0 Å². The number of rotatable bonds is 4. The highest BCUT2D eigenvalue weighted by Gasteiger charge is 2.37. The third-order valence-corrected chi connectivity index (χ3v) is 2.66. The minimum Gasteiger partial charge on any atom is -0.494 e. The molecular weight excluding hydrogens is 205 g/mol. The second-order valence-electron chi connectivity index (χ2n) is 3.82. The summed E-state index contributed by atoms with van der Waals surface area (Å²) in [6.45, 7) is 3.04. The Bertz CT molecular complexity index is 372. The maximum atomic E-state index is 9.81. The van der Waals surface area contributed by atoms with E-state index in [0.29, 0.717) is 18.9 Å². The Morgan fingerprint density at radius 3 is 3.06 bits per heavy atom. The van der Waals surface area contributed by atoms with E-state index in [1.807, 2.05) is 25.1 Å². The van der Waals surface area contributed by atoms with E-state index < -0.39 is 7.12 Å². The minimum atomic E-state index is -0.920. The molecule has 0 radical (unpaired) electrons. The number of hydrogen-bond donors (Lipinski definition) is 2. The van der Waals surface area contributed by atoms with Crippen LogP contribution in [-0.2, 0) is 4.65 Å².